The third-order valence-corrected chi connectivity index (χ3v) is 3.27. The van der Waals surface area contributed by atoms with E-state index < -0.39 is 5.97 Å². The number of pyridine rings is 1. The summed E-state index contributed by atoms with van der Waals surface area (Å²) in [5, 5.41) is 11.5. The number of carbonyl (C=O) groups excluding carboxylic acids is 1. The van der Waals surface area contributed by atoms with Gasteiger partial charge in [0, 0.05) is 24.5 Å². The van der Waals surface area contributed by atoms with Gasteiger partial charge in [-0.1, -0.05) is 20.3 Å². The summed E-state index contributed by atoms with van der Waals surface area (Å²) in [6, 6.07) is 1.71. The lowest BCUT2D eigenvalue weighted by molar-refractivity contribution is -0.131. The zero-order chi connectivity index (χ0) is 15.8. The van der Waals surface area contributed by atoms with Gasteiger partial charge in [-0.2, -0.15) is 0 Å². The molecule has 114 valence electrons. The van der Waals surface area contributed by atoms with E-state index in [0.717, 1.165) is 18.9 Å². The maximum atomic E-state index is 12.1. The summed E-state index contributed by atoms with van der Waals surface area (Å²) in [5.41, 5.74) is 1.01. The standard InChI is InChI=1S/C16H22N2O3/c1-4-11(2)7-12(3)18-16(21)14-8-13(9-17-10-14)5-6-15(19)20/h5-6,8-12H,4,7H2,1-3H3,(H,18,21)(H,19,20). The number of carboxylic acids is 1. The predicted octanol–water partition coefficient (Wildman–Crippen LogP) is 2.73. The first-order valence-electron chi connectivity index (χ1n) is 7.09. The van der Waals surface area contributed by atoms with Crippen molar-refractivity contribution in [3.8, 4) is 0 Å². The van der Waals surface area contributed by atoms with Crippen molar-refractivity contribution in [3.63, 3.8) is 0 Å². The smallest absolute Gasteiger partial charge is 0.328 e. The molecule has 1 aromatic heterocycles. The molecule has 1 heterocycles. The minimum atomic E-state index is -1.04. The number of amides is 1. The van der Waals surface area contributed by atoms with Crippen molar-refractivity contribution in [1.82, 2.24) is 10.3 Å². The van der Waals surface area contributed by atoms with E-state index in [0.29, 0.717) is 17.0 Å². The maximum absolute atomic E-state index is 12.1. The van der Waals surface area contributed by atoms with Crippen molar-refractivity contribution in [2.24, 2.45) is 5.92 Å². The monoisotopic (exact) mass is 290 g/mol. The first-order valence-corrected chi connectivity index (χ1v) is 7.09. The van der Waals surface area contributed by atoms with E-state index in [2.05, 4.69) is 24.1 Å². The third kappa shape index (κ3) is 6.21. The number of carboxylic acid groups (broad SMARTS) is 1. The molecule has 1 amide bonds. The summed E-state index contributed by atoms with van der Waals surface area (Å²) in [4.78, 5) is 26.6. The topological polar surface area (TPSA) is 79.3 Å². The van der Waals surface area contributed by atoms with Crippen LogP contribution in [0.1, 0.15) is 49.5 Å². The fourth-order valence-corrected chi connectivity index (χ4v) is 1.98. The average Bonchev–Trinajstić information content (AvgIpc) is 2.45. The van der Waals surface area contributed by atoms with Gasteiger partial charge in [-0.15, -0.1) is 0 Å². The molecule has 1 aromatic rings. The van der Waals surface area contributed by atoms with Gasteiger partial charge in [-0.25, -0.2) is 4.79 Å². The molecule has 0 aliphatic rings. The van der Waals surface area contributed by atoms with E-state index >= 15 is 0 Å². The lowest BCUT2D eigenvalue weighted by Crippen LogP contribution is -2.33. The van der Waals surface area contributed by atoms with Crippen LogP contribution in [0.4, 0.5) is 0 Å². The summed E-state index contributed by atoms with van der Waals surface area (Å²) in [5.74, 6) is -0.667. The van der Waals surface area contributed by atoms with Crippen molar-refractivity contribution in [2.45, 2.75) is 39.7 Å². The van der Waals surface area contributed by atoms with Gasteiger partial charge in [-0.3, -0.25) is 9.78 Å². The van der Waals surface area contributed by atoms with E-state index in [1.807, 2.05) is 6.92 Å². The van der Waals surface area contributed by atoms with Gasteiger partial charge in [0.05, 0.1) is 5.56 Å². The Bertz CT molecular complexity index is 526. The highest BCUT2D eigenvalue weighted by atomic mass is 16.4. The highest BCUT2D eigenvalue weighted by Gasteiger charge is 2.12. The van der Waals surface area contributed by atoms with Crippen molar-refractivity contribution in [2.75, 3.05) is 0 Å². The van der Waals surface area contributed by atoms with Crippen LogP contribution < -0.4 is 5.32 Å². The lowest BCUT2D eigenvalue weighted by Gasteiger charge is -2.17. The van der Waals surface area contributed by atoms with Gasteiger partial charge < -0.3 is 10.4 Å². The molecule has 0 bridgehead atoms. The number of hydrogen-bond donors (Lipinski definition) is 2. The minimum absolute atomic E-state index is 0.0886. The molecule has 0 radical (unpaired) electrons. The average molecular weight is 290 g/mol. The van der Waals surface area contributed by atoms with Crippen LogP contribution in [-0.4, -0.2) is 28.0 Å². The van der Waals surface area contributed by atoms with Crippen molar-refractivity contribution >= 4 is 18.0 Å². The Morgan fingerprint density at radius 2 is 2.10 bits per heavy atom. The van der Waals surface area contributed by atoms with Crippen molar-refractivity contribution in [3.05, 3.63) is 35.7 Å². The molecule has 0 saturated heterocycles. The number of rotatable bonds is 7. The maximum Gasteiger partial charge on any atom is 0.328 e. The second-order valence-electron chi connectivity index (χ2n) is 5.30. The molecule has 0 saturated carbocycles. The van der Waals surface area contributed by atoms with Crippen molar-refractivity contribution < 1.29 is 14.7 Å². The van der Waals surface area contributed by atoms with Crippen LogP contribution in [0.15, 0.2) is 24.5 Å². The van der Waals surface area contributed by atoms with Gasteiger partial charge in [0.15, 0.2) is 0 Å². The largest absolute Gasteiger partial charge is 0.478 e. The molecule has 0 aliphatic carbocycles. The number of hydrogen-bond acceptors (Lipinski definition) is 3. The molecule has 0 fully saturated rings. The number of aliphatic carboxylic acids is 1. The Kier molecular flexibility index (Phi) is 6.59. The Morgan fingerprint density at radius 3 is 2.71 bits per heavy atom. The summed E-state index contributed by atoms with van der Waals surface area (Å²) in [6.45, 7) is 6.26. The molecule has 0 aliphatic heterocycles. The minimum Gasteiger partial charge on any atom is -0.478 e. The summed E-state index contributed by atoms with van der Waals surface area (Å²) >= 11 is 0. The van der Waals surface area contributed by atoms with Crippen LogP contribution in [-0.2, 0) is 4.79 Å². The number of nitrogens with one attached hydrogen (secondary N) is 1. The zero-order valence-corrected chi connectivity index (χ0v) is 12.7. The molecule has 21 heavy (non-hydrogen) atoms. The summed E-state index contributed by atoms with van der Waals surface area (Å²) in [6.07, 6.45) is 7.42. The predicted molar refractivity (Wildman–Crippen MR) is 81.9 cm³/mol. The molecule has 2 unspecified atom stereocenters. The Labute approximate surface area is 125 Å². The number of carbonyl (C=O) groups is 2. The van der Waals surface area contributed by atoms with E-state index in [9.17, 15) is 9.59 Å². The van der Waals surface area contributed by atoms with Gasteiger partial charge in [-0.05, 0) is 37.0 Å². The van der Waals surface area contributed by atoms with Gasteiger partial charge in [0.2, 0.25) is 0 Å². The van der Waals surface area contributed by atoms with E-state index in [4.69, 9.17) is 5.11 Å². The zero-order valence-electron chi connectivity index (χ0n) is 12.7. The normalized spacial score (nSPS) is 13.9. The van der Waals surface area contributed by atoms with E-state index in [1.54, 1.807) is 6.07 Å². The van der Waals surface area contributed by atoms with Crippen LogP contribution >= 0.6 is 0 Å². The quantitative estimate of drug-likeness (QED) is 0.757. The van der Waals surface area contributed by atoms with Crippen LogP contribution in [0.5, 0.6) is 0 Å². The second-order valence-corrected chi connectivity index (χ2v) is 5.30. The Morgan fingerprint density at radius 1 is 1.38 bits per heavy atom. The Balaban J connectivity index is 2.70. The van der Waals surface area contributed by atoms with E-state index in [-0.39, 0.29) is 11.9 Å². The van der Waals surface area contributed by atoms with Crippen LogP contribution in [0.25, 0.3) is 6.08 Å². The number of aromatic nitrogens is 1. The van der Waals surface area contributed by atoms with Gasteiger partial charge in [0.1, 0.15) is 0 Å². The molecule has 2 N–H and O–H groups in total. The summed E-state index contributed by atoms with van der Waals surface area (Å²) in [7, 11) is 0. The van der Waals surface area contributed by atoms with Crippen molar-refractivity contribution in [1.29, 1.82) is 0 Å². The molecule has 0 aromatic carbocycles. The van der Waals surface area contributed by atoms with Crippen LogP contribution in [0.3, 0.4) is 0 Å². The number of nitrogens with zero attached hydrogens (tertiary/aromatic N) is 1. The lowest BCUT2D eigenvalue weighted by atomic mass is 10.0. The fourth-order valence-electron chi connectivity index (χ4n) is 1.98. The summed E-state index contributed by atoms with van der Waals surface area (Å²) < 4.78 is 0. The highest BCUT2D eigenvalue weighted by molar-refractivity contribution is 5.95. The molecule has 2 atom stereocenters. The van der Waals surface area contributed by atoms with Gasteiger partial charge >= 0.3 is 5.97 Å². The molecular weight excluding hydrogens is 268 g/mol. The molecule has 5 heteroatoms. The molecule has 0 spiro atoms. The SMILES string of the molecule is CCC(C)CC(C)NC(=O)c1cncc(C=CC(=O)O)c1. The van der Waals surface area contributed by atoms with E-state index in [1.165, 1.54) is 18.5 Å². The molecular formula is C16H22N2O3. The van der Waals surface area contributed by atoms with Gasteiger partial charge in [0.25, 0.3) is 5.91 Å². The molecule has 1 rings (SSSR count). The first kappa shape index (κ1) is 16.9. The first-order chi connectivity index (χ1) is 9.92. The third-order valence-electron chi connectivity index (χ3n) is 3.27. The fraction of sp³-hybridized carbons (Fsp3) is 0.438. The highest BCUT2D eigenvalue weighted by Crippen LogP contribution is 2.11. The molecule has 5 nitrogen and oxygen atoms in total. The Hall–Kier alpha value is -2.17. The van der Waals surface area contributed by atoms with Crippen LogP contribution in [0.2, 0.25) is 0 Å². The second kappa shape index (κ2) is 8.19. The van der Waals surface area contributed by atoms with Crippen LogP contribution in [0, 0.1) is 5.92 Å².